The summed E-state index contributed by atoms with van der Waals surface area (Å²) in [5.74, 6) is -0.296. The van der Waals surface area contributed by atoms with Gasteiger partial charge in [0, 0.05) is 18.8 Å². The van der Waals surface area contributed by atoms with Crippen molar-refractivity contribution in [2.75, 3.05) is 11.9 Å². The van der Waals surface area contributed by atoms with Gasteiger partial charge in [0.15, 0.2) is 0 Å². The maximum atomic E-state index is 10.2. The van der Waals surface area contributed by atoms with Crippen molar-refractivity contribution in [3.63, 3.8) is 0 Å². The molecule has 1 aromatic heterocycles. The van der Waals surface area contributed by atoms with Crippen LogP contribution >= 0.6 is 0 Å². The molecule has 0 aliphatic rings. The van der Waals surface area contributed by atoms with Gasteiger partial charge < -0.3 is 10.4 Å². The summed E-state index contributed by atoms with van der Waals surface area (Å²) in [7, 11) is 1.81. The lowest BCUT2D eigenvalue weighted by Gasteiger charge is -1.95. The maximum absolute atomic E-state index is 10.2. The van der Waals surface area contributed by atoms with Gasteiger partial charge in [0.2, 0.25) is 0 Å². The third-order valence-corrected chi connectivity index (χ3v) is 1.53. The molecule has 0 aliphatic carbocycles. The van der Waals surface area contributed by atoms with Crippen LogP contribution in [0.15, 0.2) is 6.07 Å². The number of carbonyl (C=O) groups is 1. The van der Waals surface area contributed by atoms with E-state index in [4.69, 9.17) is 5.11 Å². The molecule has 0 saturated carbocycles. The van der Waals surface area contributed by atoms with E-state index in [1.54, 1.807) is 17.8 Å². The van der Waals surface area contributed by atoms with Crippen LogP contribution in [0.4, 0.5) is 5.82 Å². The molecule has 12 heavy (non-hydrogen) atoms. The van der Waals surface area contributed by atoms with Crippen molar-refractivity contribution < 1.29 is 9.90 Å². The van der Waals surface area contributed by atoms with Crippen molar-refractivity contribution in [1.82, 2.24) is 9.78 Å². The third kappa shape index (κ3) is 1.98. The van der Waals surface area contributed by atoms with Crippen molar-refractivity contribution in [2.45, 2.75) is 6.92 Å². The molecular formula is C7H11N3O2. The predicted octanol–water partition coefficient (Wildman–Crippen LogP) is 0.225. The van der Waals surface area contributed by atoms with Crippen LogP contribution < -0.4 is 5.32 Å². The first kappa shape index (κ1) is 8.58. The van der Waals surface area contributed by atoms with E-state index in [0.717, 1.165) is 5.69 Å². The number of aromatic nitrogens is 2. The molecule has 0 saturated heterocycles. The molecule has 1 rings (SSSR count). The van der Waals surface area contributed by atoms with E-state index in [0.29, 0.717) is 5.82 Å². The first-order valence-electron chi connectivity index (χ1n) is 3.56. The standard InChI is InChI=1S/C7H11N3O2/c1-5-3-6(9-10(5)2)8-4-7(11)12/h3H,4H2,1-2H3,(H,8,9)(H,11,12). The zero-order chi connectivity index (χ0) is 9.14. The molecule has 0 amide bonds. The Morgan fingerprint density at radius 3 is 2.92 bits per heavy atom. The minimum absolute atomic E-state index is 0.101. The molecule has 0 bridgehead atoms. The highest BCUT2D eigenvalue weighted by atomic mass is 16.4. The van der Waals surface area contributed by atoms with Crippen molar-refractivity contribution in [3.8, 4) is 0 Å². The molecule has 1 aromatic rings. The summed E-state index contributed by atoms with van der Waals surface area (Å²) in [6.45, 7) is 1.80. The second kappa shape index (κ2) is 3.25. The molecule has 0 unspecified atom stereocenters. The van der Waals surface area contributed by atoms with Gasteiger partial charge in [-0.1, -0.05) is 0 Å². The van der Waals surface area contributed by atoms with Crippen LogP contribution in [0.5, 0.6) is 0 Å². The van der Waals surface area contributed by atoms with Gasteiger partial charge in [-0.25, -0.2) is 0 Å². The fourth-order valence-corrected chi connectivity index (χ4v) is 0.813. The molecule has 5 heteroatoms. The van der Waals surface area contributed by atoms with Gasteiger partial charge in [0.05, 0.1) is 0 Å². The number of nitrogens with one attached hydrogen (secondary N) is 1. The van der Waals surface area contributed by atoms with Gasteiger partial charge in [-0.05, 0) is 6.92 Å². The Balaban J connectivity index is 2.58. The second-order valence-electron chi connectivity index (χ2n) is 2.54. The smallest absolute Gasteiger partial charge is 0.322 e. The third-order valence-electron chi connectivity index (χ3n) is 1.53. The highest BCUT2D eigenvalue weighted by Gasteiger charge is 2.01. The summed E-state index contributed by atoms with van der Waals surface area (Å²) < 4.78 is 1.68. The predicted molar refractivity (Wildman–Crippen MR) is 44.1 cm³/mol. The topological polar surface area (TPSA) is 67.2 Å². The van der Waals surface area contributed by atoms with E-state index in [-0.39, 0.29) is 6.54 Å². The largest absolute Gasteiger partial charge is 0.480 e. The average molecular weight is 169 g/mol. The lowest BCUT2D eigenvalue weighted by atomic mass is 10.4. The first-order valence-corrected chi connectivity index (χ1v) is 3.56. The van der Waals surface area contributed by atoms with Crippen LogP contribution in [0.25, 0.3) is 0 Å². The van der Waals surface area contributed by atoms with Crippen molar-refractivity contribution in [1.29, 1.82) is 0 Å². The Kier molecular flexibility index (Phi) is 2.32. The van der Waals surface area contributed by atoms with Crippen molar-refractivity contribution in [2.24, 2.45) is 7.05 Å². The number of aliphatic carboxylic acids is 1. The summed E-state index contributed by atoms with van der Waals surface area (Å²) in [5, 5.41) is 15.1. The van der Waals surface area contributed by atoms with E-state index in [1.807, 2.05) is 6.92 Å². The fourth-order valence-electron chi connectivity index (χ4n) is 0.813. The van der Waals surface area contributed by atoms with Gasteiger partial charge in [-0.3, -0.25) is 9.48 Å². The van der Waals surface area contributed by atoms with Crippen LogP contribution in [-0.4, -0.2) is 27.4 Å². The molecule has 0 atom stereocenters. The Bertz CT molecular complexity index is 273. The molecule has 0 spiro atoms. The molecule has 0 aromatic carbocycles. The van der Waals surface area contributed by atoms with Gasteiger partial charge in [0.1, 0.15) is 12.4 Å². The molecule has 0 fully saturated rings. The highest BCUT2D eigenvalue weighted by Crippen LogP contribution is 2.05. The lowest BCUT2D eigenvalue weighted by molar-refractivity contribution is -0.134. The minimum atomic E-state index is -0.890. The Morgan fingerprint density at radius 2 is 2.50 bits per heavy atom. The number of carboxylic acid groups (broad SMARTS) is 1. The number of hydrogen-bond donors (Lipinski definition) is 2. The Morgan fingerprint density at radius 1 is 1.83 bits per heavy atom. The number of carboxylic acids is 1. The van der Waals surface area contributed by atoms with Crippen LogP contribution in [-0.2, 0) is 11.8 Å². The number of anilines is 1. The van der Waals surface area contributed by atoms with Crippen LogP contribution in [0, 0.1) is 6.92 Å². The van der Waals surface area contributed by atoms with Crippen LogP contribution in [0.3, 0.4) is 0 Å². The van der Waals surface area contributed by atoms with Crippen molar-refractivity contribution >= 4 is 11.8 Å². The first-order chi connectivity index (χ1) is 5.59. The average Bonchev–Trinajstić information content (AvgIpc) is 2.28. The van der Waals surface area contributed by atoms with E-state index in [9.17, 15) is 4.79 Å². The fraction of sp³-hybridized carbons (Fsp3) is 0.429. The molecule has 66 valence electrons. The SMILES string of the molecule is Cc1cc(NCC(=O)O)nn1C. The van der Waals surface area contributed by atoms with Gasteiger partial charge in [0.25, 0.3) is 0 Å². The van der Waals surface area contributed by atoms with Gasteiger partial charge in [-0.15, -0.1) is 0 Å². The second-order valence-corrected chi connectivity index (χ2v) is 2.54. The molecule has 5 nitrogen and oxygen atoms in total. The molecule has 2 N–H and O–H groups in total. The maximum Gasteiger partial charge on any atom is 0.322 e. The number of hydrogen-bond acceptors (Lipinski definition) is 3. The zero-order valence-electron chi connectivity index (χ0n) is 7.03. The normalized spacial score (nSPS) is 9.83. The Hall–Kier alpha value is -1.52. The summed E-state index contributed by atoms with van der Waals surface area (Å²) in [6.07, 6.45) is 0. The van der Waals surface area contributed by atoms with Crippen LogP contribution in [0.2, 0.25) is 0 Å². The quantitative estimate of drug-likeness (QED) is 0.679. The van der Waals surface area contributed by atoms with Crippen molar-refractivity contribution in [3.05, 3.63) is 11.8 Å². The monoisotopic (exact) mass is 169 g/mol. The number of aryl methyl sites for hydroxylation is 2. The zero-order valence-corrected chi connectivity index (χ0v) is 7.03. The summed E-state index contributed by atoms with van der Waals surface area (Å²) >= 11 is 0. The van der Waals surface area contributed by atoms with E-state index in [1.165, 1.54) is 0 Å². The lowest BCUT2D eigenvalue weighted by Crippen LogP contribution is -2.12. The Labute approximate surface area is 70.0 Å². The number of nitrogens with zero attached hydrogens (tertiary/aromatic N) is 2. The van der Waals surface area contributed by atoms with Gasteiger partial charge >= 0.3 is 5.97 Å². The van der Waals surface area contributed by atoms with Gasteiger partial charge in [-0.2, -0.15) is 5.10 Å². The highest BCUT2D eigenvalue weighted by molar-refractivity contribution is 5.72. The molecule has 0 radical (unpaired) electrons. The van der Waals surface area contributed by atoms with E-state index in [2.05, 4.69) is 10.4 Å². The molecule has 0 aliphatic heterocycles. The van der Waals surface area contributed by atoms with Crippen LogP contribution in [0.1, 0.15) is 5.69 Å². The molecular weight excluding hydrogens is 158 g/mol. The summed E-state index contributed by atoms with van der Waals surface area (Å²) in [4.78, 5) is 10.2. The van der Waals surface area contributed by atoms with E-state index < -0.39 is 5.97 Å². The molecule has 1 heterocycles. The summed E-state index contributed by atoms with van der Waals surface area (Å²) in [5.41, 5.74) is 0.989. The summed E-state index contributed by atoms with van der Waals surface area (Å²) in [6, 6.07) is 1.79. The number of rotatable bonds is 3. The minimum Gasteiger partial charge on any atom is -0.480 e. The van der Waals surface area contributed by atoms with E-state index >= 15 is 0 Å².